The fourth-order valence-corrected chi connectivity index (χ4v) is 5.45. The van der Waals surface area contributed by atoms with Gasteiger partial charge in [-0.15, -0.1) is 0 Å². The van der Waals surface area contributed by atoms with Gasteiger partial charge in [-0.2, -0.15) is 0 Å². The number of nitrogens with zero attached hydrogens (tertiary/aromatic N) is 1. The van der Waals surface area contributed by atoms with Crippen molar-refractivity contribution >= 4 is 27.5 Å². The molecular weight excluding hydrogens is 408 g/mol. The SMILES string of the molecule is Cc1ccc([C@@H](C)NC(=O)C2CCN(S(=O)(=O)Cc3ccccc3Cl)CC2)cc1. The summed E-state index contributed by atoms with van der Waals surface area (Å²) >= 11 is 6.11. The maximum Gasteiger partial charge on any atom is 0.223 e. The Morgan fingerprint density at radius 1 is 1.14 bits per heavy atom. The predicted octanol–water partition coefficient (Wildman–Crippen LogP) is 4.07. The number of hydrogen-bond donors (Lipinski definition) is 1. The molecule has 0 radical (unpaired) electrons. The summed E-state index contributed by atoms with van der Waals surface area (Å²) in [5, 5.41) is 3.52. The lowest BCUT2D eigenvalue weighted by Gasteiger charge is -2.31. The van der Waals surface area contributed by atoms with Crippen molar-refractivity contribution in [3.63, 3.8) is 0 Å². The smallest absolute Gasteiger partial charge is 0.223 e. The molecule has 3 rings (SSSR count). The van der Waals surface area contributed by atoms with E-state index in [2.05, 4.69) is 5.32 Å². The molecular formula is C22H27ClN2O3S. The highest BCUT2D eigenvalue weighted by Crippen LogP contribution is 2.25. The molecule has 0 aromatic heterocycles. The molecule has 1 N–H and O–H groups in total. The third kappa shape index (κ3) is 5.59. The molecule has 1 atom stereocenters. The zero-order chi connectivity index (χ0) is 21.0. The summed E-state index contributed by atoms with van der Waals surface area (Å²) in [4.78, 5) is 12.6. The molecule has 7 heteroatoms. The van der Waals surface area contributed by atoms with E-state index < -0.39 is 10.0 Å². The maximum atomic E-state index is 12.7. The standard InChI is InChI=1S/C22H27ClN2O3S/c1-16-7-9-18(10-8-16)17(2)24-22(26)19-11-13-25(14-12-19)29(27,28)15-20-5-3-4-6-21(20)23/h3-10,17,19H,11-15H2,1-2H3,(H,24,26)/t17-/m1/s1. The molecule has 156 valence electrons. The van der Waals surface area contributed by atoms with Gasteiger partial charge in [0.1, 0.15) is 0 Å². The number of piperidine rings is 1. The highest BCUT2D eigenvalue weighted by Gasteiger charge is 2.31. The zero-order valence-electron chi connectivity index (χ0n) is 16.8. The van der Waals surface area contributed by atoms with Crippen LogP contribution in [0.15, 0.2) is 48.5 Å². The lowest BCUT2D eigenvalue weighted by molar-refractivity contribution is -0.126. The molecule has 0 bridgehead atoms. The van der Waals surface area contributed by atoms with E-state index in [0.29, 0.717) is 36.5 Å². The second-order valence-electron chi connectivity index (χ2n) is 7.66. The molecule has 1 aliphatic rings. The van der Waals surface area contributed by atoms with Crippen LogP contribution < -0.4 is 5.32 Å². The lowest BCUT2D eigenvalue weighted by atomic mass is 9.96. The third-order valence-corrected chi connectivity index (χ3v) is 7.65. The molecule has 0 saturated carbocycles. The number of hydrogen-bond acceptors (Lipinski definition) is 3. The number of nitrogens with one attached hydrogen (secondary N) is 1. The minimum Gasteiger partial charge on any atom is -0.349 e. The van der Waals surface area contributed by atoms with Gasteiger partial charge in [-0.25, -0.2) is 12.7 Å². The topological polar surface area (TPSA) is 66.5 Å². The average Bonchev–Trinajstić information content (AvgIpc) is 2.70. The Hall–Kier alpha value is -1.89. The number of carbonyl (C=O) groups is 1. The number of sulfonamides is 1. The first-order valence-electron chi connectivity index (χ1n) is 9.84. The molecule has 1 heterocycles. The van der Waals surface area contributed by atoms with Crippen LogP contribution in [0.1, 0.15) is 42.5 Å². The molecule has 0 spiro atoms. The largest absolute Gasteiger partial charge is 0.349 e. The van der Waals surface area contributed by atoms with Gasteiger partial charge < -0.3 is 5.32 Å². The average molecular weight is 435 g/mol. The molecule has 2 aromatic carbocycles. The van der Waals surface area contributed by atoms with Gasteiger partial charge >= 0.3 is 0 Å². The minimum absolute atomic E-state index is 0.0128. The first-order chi connectivity index (χ1) is 13.8. The van der Waals surface area contributed by atoms with Crippen molar-refractivity contribution in [1.29, 1.82) is 0 Å². The van der Waals surface area contributed by atoms with Gasteiger partial charge in [-0.05, 0) is 43.9 Å². The van der Waals surface area contributed by atoms with Crippen molar-refractivity contribution < 1.29 is 13.2 Å². The molecule has 2 aromatic rings. The van der Waals surface area contributed by atoms with E-state index in [1.807, 2.05) is 38.1 Å². The summed E-state index contributed by atoms with van der Waals surface area (Å²) in [5.74, 6) is -0.301. The van der Waals surface area contributed by atoms with Crippen molar-refractivity contribution in [2.75, 3.05) is 13.1 Å². The Kier molecular flexibility index (Phi) is 6.98. The molecule has 29 heavy (non-hydrogen) atoms. The monoisotopic (exact) mass is 434 g/mol. The summed E-state index contributed by atoms with van der Waals surface area (Å²) in [7, 11) is -3.46. The fourth-order valence-electron chi connectivity index (χ4n) is 3.57. The van der Waals surface area contributed by atoms with Crippen LogP contribution in [-0.4, -0.2) is 31.7 Å². The van der Waals surface area contributed by atoms with E-state index in [9.17, 15) is 13.2 Å². The first kappa shape index (κ1) is 21.8. The number of benzene rings is 2. The number of aryl methyl sites for hydroxylation is 1. The molecule has 0 aliphatic carbocycles. The Balaban J connectivity index is 1.54. The molecule has 1 saturated heterocycles. The van der Waals surface area contributed by atoms with Gasteiger partial charge in [0.2, 0.25) is 15.9 Å². The number of halogens is 1. The molecule has 1 aliphatic heterocycles. The summed E-state index contributed by atoms with van der Waals surface area (Å²) in [6, 6.07) is 15.0. The van der Waals surface area contributed by atoms with Gasteiger partial charge in [-0.3, -0.25) is 4.79 Å². The normalized spacial score (nSPS) is 17.1. The Labute approximate surface area is 178 Å². The van der Waals surface area contributed by atoms with Crippen LogP contribution in [0, 0.1) is 12.8 Å². The number of amides is 1. The minimum atomic E-state index is -3.46. The van der Waals surface area contributed by atoms with Crippen molar-refractivity contribution in [2.45, 2.75) is 38.5 Å². The highest BCUT2D eigenvalue weighted by molar-refractivity contribution is 7.88. The van der Waals surface area contributed by atoms with Crippen LogP contribution in [-0.2, 0) is 20.6 Å². The summed E-state index contributed by atoms with van der Waals surface area (Å²) in [6.07, 6.45) is 1.04. The number of carbonyl (C=O) groups excluding carboxylic acids is 1. The van der Waals surface area contributed by atoms with Gasteiger partial charge in [0, 0.05) is 24.0 Å². The van der Waals surface area contributed by atoms with Crippen LogP contribution in [0.25, 0.3) is 0 Å². The van der Waals surface area contributed by atoms with Crippen molar-refractivity contribution in [1.82, 2.24) is 9.62 Å². The van der Waals surface area contributed by atoms with Crippen molar-refractivity contribution in [3.8, 4) is 0 Å². The second kappa shape index (κ2) is 9.28. The predicted molar refractivity (Wildman–Crippen MR) is 116 cm³/mol. The Morgan fingerprint density at radius 2 is 1.76 bits per heavy atom. The molecule has 5 nitrogen and oxygen atoms in total. The molecule has 0 unspecified atom stereocenters. The van der Waals surface area contributed by atoms with Gasteiger partial charge in [0.25, 0.3) is 0 Å². The second-order valence-corrected chi connectivity index (χ2v) is 10.0. The van der Waals surface area contributed by atoms with Gasteiger partial charge in [0.15, 0.2) is 0 Å². The van der Waals surface area contributed by atoms with E-state index in [-0.39, 0.29) is 23.6 Å². The maximum absolute atomic E-state index is 12.7. The fraction of sp³-hybridized carbons (Fsp3) is 0.409. The van der Waals surface area contributed by atoms with Crippen molar-refractivity contribution in [2.24, 2.45) is 5.92 Å². The lowest BCUT2D eigenvalue weighted by Crippen LogP contribution is -2.43. The Bertz CT molecular complexity index is 952. The molecule has 1 amide bonds. The van der Waals surface area contributed by atoms with E-state index >= 15 is 0 Å². The van der Waals surface area contributed by atoms with Crippen molar-refractivity contribution in [3.05, 3.63) is 70.2 Å². The molecule has 1 fully saturated rings. The zero-order valence-corrected chi connectivity index (χ0v) is 18.3. The summed E-state index contributed by atoms with van der Waals surface area (Å²) in [5.41, 5.74) is 2.84. The van der Waals surface area contributed by atoms with Crippen LogP contribution in [0.4, 0.5) is 0 Å². The van der Waals surface area contributed by atoms with Gasteiger partial charge in [0.05, 0.1) is 11.8 Å². The van der Waals surface area contributed by atoms with Crippen LogP contribution >= 0.6 is 11.6 Å². The van der Waals surface area contributed by atoms with Gasteiger partial charge in [-0.1, -0.05) is 59.6 Å². The number of rotatable bonds is 6. The third-order valence-electron chi connectivity index (χ3n) is 5.45. The van der Waals surface area contributed by atoms with E-state index in [1.165, 1.54) is 9.87 Å². The van der Waals surface area contributed by atoms with Crippen LogP contribution in [0.5, 0.6) is 0 Å². The summed E-state index contributed by atoms with van der Waals surface area (Å²) < 4.78 is 27.0. The Morgan fingerprint density at radius 3 is 2.38 bits per heavy atom. The van der Waals surface area contributed by atoms with E-state index in [4.69, 9.17) is 11.6 Å². The van der Waals surface area contributed by atoms with Crippen LogP contribution in [0.2, 0.25) is 5.02 Å². The van der Waals surface area contributed by atoms with E-state index in [0.717, 1.165) is 5.56 Å². The van der Waals surface area contributed by atoms with Crippen LogP contribution in [0.3, 0.4) is 0 Å². The quantitative estimate of drug-likeness (QED) is 0.745. The van der Waals surface area contributed by atoms with E-state index in [1.54, 1.807) is 24.3 Å². The summed E-state index contributed by atoms with van der Waals surface area (Å²) in [6.45, 7) is 4.69. The highest BCUT2D eigenvalue weighted by atomic mass is 35.5. The first-order valence-corrected chi connectivity index (χ1v) is 11.8.